The summed E-state index contributed by atoms with van der Waals surface area (Å²) in [4.78, 5) is 137. The Bertz CT molecular complexity index is 2050. The van der Waals surface area contributed by atoms with Gasteiger partial charge in [0.1, 0.15) is 48.3 Å². The predicted octanol–water partition coefficient (Wildman–Crippen LogP) is -3.06. The number of amides is 8. The smallest absolute Gasteiger partial charge is 0.326 e. The lowest BCUT2D eigenvalue weighted by molar-refractivity contribution is -0.142. The van der Waals surface area contributed by atoms with Crippen molar-refractivity contribution in [1.82, 2.24) is 42.5 Å². The van der Waals surface area contributed by atoms with E-state index in [2.05, 4.69) is 47.5 Å². The molecule has 0 saturated carbocycles. The van der Waals surface area contributed by atoms with Crippen LogP contribution in [-0.4, -0.2) is 155 Å². The predicted molar refractivity (Wildman–Crippen MR) is 273 cm³/mol. The highest BCUT2D eigenvalue weighted by molar-refractivity contribution is 5.98. The van der Waals surface area contributed by atoms with E-state index >= 15 is 0 Å². The minimum atomic E-state index is -1.76. The van der Waals surface area contributed by atoms with Gasteiger partial charge in [-0.15, -0.1) is 0 Å². The number of nitrogens with zero attached hydrogens (tertiary/aromatic N) is 1. The van der Waals surface area contributed by atoms with Crippen LogP contribution in [0.1, 0.15) is 105 Å². The molecule has 19 N–H and O–H groups in total. The molecule has 0 aromatic heterocycles. The Balaban J connectivity index is 3.39. The summed E-state index contributed by atoms with van der Waals surface area (Å²) in [6.07, 6.45) is -0.766. The number of aliphatic hydroxyl groups is 1. The third-order valence-electron chi connectivity index (χ3n) is 11.7. The SMILES string of the molecule is CC[C@H](C)[C@H](NC(=O)[C@H](CC(=O)O)NC(=O)CNC(=O)[C@H](CC(C)C)NC(=O)[C@@H](N)[C@@H](C)O)C(=O)N[C@H](C(=O)N[C@@H](Cc1ccccc1)C(=O)N[C@@H](CCCCN)C(=O)N[C@@H](CCCN=C(N)N)C(=O)O)C(C)C. The number of carboxylic acids is 2. The van der Waals surface area contributed by atoms with Gasteiger partial charge in [-0.3, -0.25) is 48.1 Å². The molecule has 0 bridgehead atoms. The van der Waals surface area contributed by atoms with Crippen LogP contribution in [0.15, 0.2) is 35.3 Å². The summed E-state index contributed by atoms with van der Waals surface area (Å²) in [6.45, 7) is 11.0. The molecule has 416 valence electrons. The zero-order valence-electron chi connectivity index (χ0n) is 43.5. The van der Waals surface area contributed by atoms with Crippen molar-refractivity contribution >= 4 is 65.2 Å². The van der Waals surface area contributed by atoms with Crippen LogP contribution in [0.25, 0.3) is 0 Å². The van der Waals surface area contributed by atoms with Crippen LogP contribution in [0.3, 0.4) is 0 Å². The van der Waals surface area contributed by atoms with E-state index in [1.54, 1.807) is 71.9 Å². The topological polar surface area (TPSA) is 444 Å². The molecule has 0 aliphatic carbocycles. The number of aliphatic carboxylic acids is 2. The molecular weight excluding hydrogens is 967 g/mol. The lowest BCUT2D eigenvalue weighted by Gasteiger charge is -2.30. The monoisotopic (exact) mass is 1050 g/mol. The van der Waals surface area contributed by atoms with Gasteiger partial charge in [0.25, 0.3) is 0 Å². The van der Waals surface area contributed by atoms with Gasteiger partial charge in [-0.25, -0.2) is 4.79 Å². The van der Waals surface area contributed by atoms with Gasteiger partial charge < -0.3 is 80.8 Å². The molecule has 74 heavy (non-hydrogen) atoms. The standard InChI is InChI=1S/C48H81N13O13/c1-8-27(6)39(61-43(69)34(23-36(64)65)55-35(63)24-54-40(66)32(21-25(2)3)58-44(70)37(50)28(7)62)46(72)60-38(26(4)5)45(71)59-33(22-29-15-10-9-11-16-29)42(68)56-30(17-12-13-19-49)41(67)57-31(47(73)74)18-14-20-53-48(51)52/h9-11,15-16,25-28,30-34,37-39,62H,8,12-14,17-24,49-50H2,1-7H3,(H,54,66)(H,55,63)(H,56,68)(H,57,67)(H,58,70)(H,59,71)(H,60,72)(H,61,69)(H,64,65)(H,73,74)(H4,51,52,53)/t27-,28+,30-,31-,32-,33-,34-,37-,38-,39-/m0/s1. The number of unbranched alkanes of at least 4 members (excludes halogenated alkanes) is 1. The Morgan fingerprint density at radius 3 is 1.70 bits per heavy atom. The number of carbonyl (C=O) groups is 10. The number of benzene rings is 1. The molecule has 8 amide bonds. The number of aliphatic imine (C=N–C) groups is 1. The van der Waals surface area contributed by atoms with Crippen molar-refractivity contribution in [3.05, 3.63) is 35.9 Å². The molecule has 26 heteroatoms. The lowest BCUT2D eigenvalue weighted by Crippen LogP contribution is -2.61. The number of nitrogens with two attached hydrogens (primary N) is 4. The first-order chi connectivity index (χ1) is 34.7. The van der Waals surface area contributed by atoms with Crippen molar-refractivity contribution in [3.8, 4) is 0 Å². The van der Waals surface area contributed by atoms with Crippen molar-refractivity contribution in [1.29, 1.82) is 0 Å². The van der Waals surface area contributed by atoms with Gasteiger partial charge in [-0.05, 0) is 75.3 Å². The molecule has 0 fully saturated rings. The molecule has 0 aliphatic heterocycles. The zero-order chi connectivity index (χ0) is 56.2. The maximum Gasteiger partial charge on any atom is 0.326 e. The first-order valence-corrected chi connectivity index (χ1v) is 24.8. The van der Waals surface area contributed by atoms with Crippen LogP contribution >= 0.6 is 0 Å². The number of aliphatic hydroxyl groups excluding tert-OH is 1. The molecule has 0 aliphatic rings. The summed E-state index contributed by atoms with van der Waals surface area (Å²) in [5.41, 5.74) is 22.7. The third kappa shape index (κ3) is 24.7. The van der Waals surface area contributed by atoms with Crippen LogP contribution in [0.5, 0.6) is 0 Å². The number of guanidine groups is 1. The minimum Gasteiger partial charge on any atom is -0.481 e. The molecule has 0 radical (unpaired) electrons. The van der Waals surface area contributed by atoms with E-state index in [4.69, 9.17) is 22.9 Å². The molecule has 0 heterocycles. The second-order valence-corrected chi connectivity index (χ2v) is 18.9. The fourth-order valence-corrected chi connectivity index (χ4v) is 7.23. The van der Waals surface area contributed by atoms with E-state index in [0.29, 0.717) is 24.8 Å². The average Bonchev–Trinajstić information content (AvgIpc) is 3.32. The third-order valence-corrected chi connectivity index (χ3v) is 11.7. The molecule has 26 nitrogen and oxygen atoms in total. The van der Waals surface area contributed by atoms with Crippen molar-refractivity contribution in [2.75, 3.05) is 19.6 Å². The maximum absolute atomic E-state index is 14.2. The van der Waals surface area contributed by atoms with Crippen molar-refractivity contribution in [2.45, 2.75) is 161 Å². The Morgan fingerprint density at radius 2 is 1.16 bits per heavy atom. The summed E-state index contributed by atoms with van der Waals surface area (Å²) in [5.74, 6) is -11.4. The highest BCUT2D eigenvalue weighted by Crippen LogP contribution is 2.14. The van der Waals surface area contributed by atoms with Crippen LogP contribution in [0.4, 0.5) is 0 Å². The van der Waals surface area contributed by atoms with Crippen LogP contribution in [0.2, 0.25) is 0 Å². The molecule has 1 aromatic carbocycles. The van der Waals surface area contributed by atoms with Crippen molar-refractivity contribution in [3.63, 3.8) is 0 Å². The largest absolute Gasteiger partial charge is 0.481 e. The number of hydrogen-bond acceptors (Lipinski definition) is 14. The van der Waals surface area contributed by atoms with E-state index in [1.807, 2.05) is 0 Å². The van der Waals surface area contributed by atoms with Gasteiger partial charge in [0.05, 0.1) is 19.1 Å². The Morgan fingerprint density at radius 1 is 0.622 bits per heavy atom. The molecule has 0 spiro atoms. The summed E-state index contributed by atoms with van der Waals surface area (Å²) in [5, 5.41) is 49.3. The Hall–Kier alpha value is -6.93. The van der Waals surface area contributed by atoms with E-state index in [9.17, 15) is 63.3 Å². The number of rotatable bonds is 35. The van der Waals surface area contributed by atoms with Crippen LogP contribution < -0.4 is 65.5 Å². The zero-order valence-corrected chi connectivity index (χ0v) is 43.5. The lowest BCUT2D eigenvalue weighted by atomic mass is 9.95. The highest BCUT2D eigenvalue weighted by Gasteiger charge is 2.36. The summed E-state index contributed by atoms with van der Waals surface area (Å²) in [6, 6.07) is -2.41. The summed E-state index contributed by atoms with van der Waals surface area (Å²) in [7, 11) is 0. The van der Waals surface area contributed by atoms with E-state index in [0.717, 1.165) is 0 Å². The fourth-order valence-electron chi connectivity index (χ4n) is 7.23. The van der Waals surface area contributed by atoms with E-state index in [1.165, 1.54) is 6.92 Å². The Labute approximate surface area is 431 Å². The Kier molecular flexibility index (Phi) is 29.7. The van der Waals surface area contributed by atoms with Gasteiger partial charge in [0.15, 0.2) is 5.96 Å². The van der Waals surface area contributed by atoms with Gasteiger partial charge in [0.2, 0.25) is 47.3 Å². The molecule has 1 aromatic rings. The second-order valence-electron chi connectivity index (χ2n) is 18.9. The van der Waals surface area contributed by atoms with E-state index in [-0.39, 0.29) is 57.1 Å². The summed E-state index contributed by atoms with van der Waals surface area (Å²) >= 11 is 0. The van der Waals surface area contributed by atoms with Crippen molar-refractivity contribution in [2.24, 2.45) is 45.7 Å². The molecule has 0 saturated heterocycles. The average molecular weight is 1050 g/mol. The van der Waals surface area contributed by atoms with E-state index < -0.39 is 138 Å². The number of hydrogen-bond donors (Lipinski definition) is 15. The molecule has 0 unspecified atom stereocenters. The van der Waals surface area contributed by atoms with Gasteiger partial charge >= 0.3 is 11.9 Å². The fraction of sp³-hybridized carbons (Fsp3) is 0.646. The minimum absolute atomic E-state index is 0.0360. The molecule has 1 rings (SSSR count). The number of nitrogens with one attached hydrogen (secondary N) is 8. The van der Waals surface area contributed by atoms with Crippen molar-refractivity contribution < 1.29 is 63.3 Å². The normalized spacial score (nSPS) is 15.2. The molecule has 10 atom stereocenters. The first-order valence-electron chi connectivity index (χ1n) is 24.8. The molecular formula is C48H81N13O13. The quantitative estimate of drug-likeness (QED) is 0.0182. The first kappa shape index (κ1) is 65.1. The van der Waals surface area contributed by atoms with Gasteiger partial charge in [-0.1, -0.05) is 78.3 Å². The van der Waals surface area contributed by atoms with Gasteiger partial charge in [0, 0.05) is 13.0 Å². The van der Waals surface area contributed by atoms with Crippen LogP contribution in [0, 0.1) is 17.8 Å². The maximum atomic E-state index is 14.2. The number of carboxylic acid groups (broad SMARTS) is 2. The number of carbonyl (C=O) groups excluding carboxylic acids is 8. The van der Waals surface area contributed by atoms with Crippen LogP contribution in [-0.2, 0) is 54.4 Å². The van der Waals surface area contributed by atoms with Gasteiger partial charge in [-0.2, -0.15) is 0 Å². The second kappa shape index (κ2) is 33.7. The highest BCUT2D eigenvalue weighted by atomic mass is 16.4. The summed E-state index contributed by atoms with van der Waals surface area (Å²) < 4.78 is 0.